The largest absolute Gasteiger partial charge is 0.381 e. The lowest BCUT2D eigenvalue weighted by atomic mass is 10.2. The van der Waals surface area contributed by atoms with E-state index < -0.39 is 0 Å². The highest BCUT2D eigenvalue weighted by Gasteiger charge is 2.02. The van der Waals surface area contributed by atoms with Gasteiger partial charge < -0.3 is 15.4 Å². The zero-order chi connectivity index (χ0) is 13.9. The molecule has 0 fully saturated rings. The summed E-state index contributed by atoms with van der Waals surface area (Å²) < 4.78 is 5.29. The molecule has 1 aromatic rings. The molecule has 0 bridgehead atoms. The van der Waals surface area contributed by atoms with Crippen LogP contribution in [0.1, 0.15) is 32.3 Å². The third-order valence-corrected chi connectivity index (χ3v) is 2.64. The maximum atomic E-state index is 11.6. The predicted octanol–water partition coefficient (Wildman–Crippen LogP) is 2.55. The van der Waals surface area contributed by atoms with Gasteiger partial charge in [0, 0.05) is 18.8 Å². The van der Waals surface area contributed by atoms with Gasteiger partial charge >= 0.3 is 0 Å². The van der Waals surface area contributed by atoms with E-state index in [4.69, 9.17) is 4.74 Å². The summed E-state index contributed by atoms with van der Waals surface area (Å²) in [5, 5.41) is 6.12. The van der Waals surface area contributed by atoms with E-state index in [0.717, 1.165) is 25.2 Å². The van der Waals surface area contributed by atoms with Crippen LogP contribution < -0.4 is 10.6 Å². The Hall–Kier alpha value is -1.39. The van der Waals surface area contributed by atoms with E-state index in [2.05, 4.69) is 24.5 Å². The van der Waals surface area contributed by atoms with Gasteiger partial charge in [-0.05, 0) is 30.7 Å². The number of anilines is 1. The molecule has 0 aliphatic rings. The Bertz CT molecular complexity index is 363. The van der Waals surface area contributed by atoms with Gasteiger partial charge in [0.2, 0.25) is 5.91 Å². The van der Waals surface area contributed by atoms with Crippen LogP contribution in [0, 0.1) is 0 Å². The predicted molar refractivity (Wildman–Crippen MR) is 78.2 cm³/mol. The first kappa shape index (κ1) is 15.7. The minimum absolute atomic E-state index is 0.00413. The number of benzene rings is 1. The fourth-order valence-electron chi connectivity index (χ4n) is 1.61. The molecule has 0 spiro atoms. The van der Waals surface area contributed by atoms with Gasteiger partial charge in [-0.3, -0.25) is 4.79 Å². The molecule has 0 radical (unpaired) electrons. The van der Waals surface area contributed by atoms with Crippen molar-refractivity contribution < 1.29 is 9.53 Å². The first-order valence-electron chi connectivity index (χ1n) is 6.93. The van der Waals surface area contributed by atoms with Gasteiger partial charge in [-0.1, -0.05) is 26.0 Å². The molecule has 0 heterocycles. The summed E-state index contributed by atoms with van der Waals surface area (Å²) in [6.07, 6.45) is 1.38. The molecular weight excluding hydrogens is 240 g/mol. The fraction of sp³-hybridized carbons (Fsp3) is 0.533. The minimum atomic E-state index is -0.00413. The Morgan fingerprint density at radius 2 is 1.89 bits per heavy atom. The second-order valence-corrected chi connectivity index (χ2v) is 4.39. The lowest BCUT2D eigenvalue weighted by Gasteiger charge is -2.07. The molecule has 0 unspecified atom stereocenters. The van der Waals surface area contributed by atoms with Crippen molar-refractivity contribution in [3.63, 3.8) is 0 Å². The summed E-state index contributed by atoms with van der Waals surface area (Å²) in [7, 11) is 0. The van der Waals surface area contributed by atoms with Crippen molar-refractivity contribution in [1.82, 2.24) is 5.32 Å². The minimum Gasteiger partial charge on any atom is -0.381 e. The highest BCUT2D eigenvalue weighted by molar-refractivity contribution is 5.90. The maximum Gasteiger partial charge on any atom is 0.226 e. The number of ether oxygens (including phenoxy) is 1. The van der Waals surface area contributed by atoms with Gasteiger partial charge in [-0.2, -0.15) is 0 Å². The Morgan fingerprint density at radius 3 is 2.53 bits per heavy atom. The lowest BCUT2D eigenvalue weighted by Crippen LogP contribution is -2.14. The molecule has 1 amide bonds. The SMILES string of the molecule is CCCOCCC(=O)Nc1ccc(CNCC)cc1. The molecular formula is C15H24N2O2. The first-order valence-corrected chi connectivity index (χ1v) is 6.93. The molecule has 0 aromatic heterocycles. The third kappa shape index (κ3) is 6.94. The molecule has 2 N–H and O–H groups in total. The molecule has 0 saturated carbocycles. The Morgan fingerprint density at radius 1 is 1.16 bits per heavy atom. The Kier molecular flexibility index (Phi) is 7.86. The average Bonchev–Trinajstić information content (AvgIpc) is 2.43. The van der Waals surface area contributed by atoms with Crippen molar-refractivity contribution in [3.05, 3.63) is 29.8 Å². The van der Waals surface area contributed by atoms with E-state index in [-0.39, 0.29) is 5.91 Å². The number of amides is 1. The van der Waals surface area contributed by atoms with Gasteiger partial charge in [0.1, 0.15) is 0 Å². The molecule has 4 heteroatoms. The Labute approximate surface area is 115 Å². The summed E-state index contributed by atoms with van der Waals surface area (Å²) in [4.78, 5) is 11.6. The van der Waals surface area contributed by atoms with Crippen LogP contribution in [0.5, 0.6) is 0 Å². The van der Waals surface area contributed by atoms with Crippen LogP contribution in [0.2, 0.25) is 0 Å². The summed E-state index contributed by atoms with van der Waals surface area (Å²) in [5.74, 6) is -0.00413. The van der Waals surface area contributed by atoms with Crippen molar-refractivity contribution in [2.24, 2.45) is 0 Å². The Balaban J connectivity index is 2.29. The second-order valence-electron chi connectivity index (χ2n) is 4.39. The third-order valence-electron chi connectivity index (χ3n) is 2.64. The smallest absolute Gasteiger partial charge is 0.226 e. The van der Waals surface area contributed by atoms with Crippen molar-refractivity contribution in [1.29, 1.82) is 0 Å². The number of carbonyl (C=O) groups is 1. The fourth-order valence-corrected chi connectivity index (χ4v) is 1.61. The van der Waals surface area contributed by atoms with Gasteiger partial charge in [0.05, 0.1) is 13.0 Å². The topological polar surface area (TPSA) is 50.4 Å². The van der Waals surface area contributed by atoms with Crippen LogP contribution in [0.4, 0.5) is 5.69 Å². The van der Waals surface area contributed by atoms with Gasteiger partial charge in [-0.15, -0.1) is 0 Å². The van der Waals surface area contributed by atoms with E-state index in [1.807, 2.05) is 24.3 Å². The molecule has 106 valence electrons. The van der Waals surface area contributed by atoms with Crippen LogP contribution in [0.15, 0.2) is 24.3 Å². The van der Waals surface area contributed by atoms with Gasteiger partial charge in [-0.25, -0.2) is 0 Å². The quantitative estimate of drug-likeness (QED) is 0.674. The molecule has 4 nitrogen and oxygen atoms in total. The number of rotatable bonds is 9. The monoisotopic (exact) mass is 264 g/mol. The van der Waals surface area contributed by atoms with Crippen molar-refractivity contribution in [2.45, 2.75) is 33.2 Å². The van der Waals surface area contributed by atoms with Crippen LogP contribution in [0.25, 0.3) is 0 Å². The average molecular weight is 264 g/mol. The van der Waals surface area contributed by atoms with Crippen LogP contribution >= 0.6 is 0 Å². The van der Waals surface area contributed by atoms with Crippen molar-refractivity contribution in [2.75, 3.05) is 25.1 Å². The lowest BCUT2D eigenvalue weighted by molar-refractivity contribution is -0.117. The second kappa shape index (κ2) is 9.53. The van der Waals surface area contributed by atoms with Crippen molar-refractivity contribution in [3.8, 4) is 0 Å². The highest BCUT2D eigenvalue weighted by Crippen LogP contribution is 2.09. The number of hydrogen-bond donors (Lipinski definition) is 2. The molecule has 0 aliphatic carbocycles. The van der Waals surface area contributed by atoms with Crippen LogP contribution in [0.3, 0.4) is 0 Å². The maximum absolute atomic E-state index is 11.6. The summed E-state index contributed by atoms with van der Waals surface area (Å²) in [5.41, 5.74) is 2.05. The van der Waals surface area contributed by atoms with Crippen molar-refractivity contribution >= 4 is 11.6 Å². The molecule has 0 saturated heterocycles. The van der Waals surface area contributed by atoms with E-state index in [1.165, 1.54) is 5.56 Å². The zero-order valence-electron chi connectivity index (χ0n) is 11.9. The molecule has 0 atom stereocenters. The molecule has 0 aliphatic heterocycles. The number of carbonyl (C=O) groups excluding carboxylic acids is 1. The zero-order valence-corrected chi connectivity index (χ0v) is 11.9. The normalized spacial score (nSPS) is 10.4. The van der Waals surface area contributed by atoms with E-state index in [1.54, 1.807) is 0 Å². The summed E-state index contributed by atoms with van der Waals surface area (Å²) in [6, 6.07) is 7.90. The first-order chi connectivity index (χ1) is 9.26. The molecule has 1 aromatic carbocycles. The van der Waals surface area contributed by atoms with Gasteiger partial charge in [0.15, 0.2) is 0 Å². The molecule has 19 heavy (non-hydrogen) atoms. The van der Waals surface area contributed by atoms with Gasteiger partial charge in [0.25, 0.3) is 0 Å². The standard InChI is InChI=1S/C15H24N2O2/c1-3-10-19-11-9-15(18)17-14-7-5-13(6-8-14)12-16-4-2/h5-8,16H,3-4,9-12H2,1-2H3,(H,17,18). The van der Waals surface area contributed by atoms with E-state index in [9.17, 15) is 4.79 Å². The van der Waals surface area contributed by atoms with E-state index >= 15 is 0 Å². The summed E-state index contributed by atoms with van der Waals surface area (Å²) in [6.45, 7) is 7.14. The summed E-state index contributed by atoms with van der Waals surface area (Å²) >= 11 is 0. The van der Waals surface area contributed by atoms with Crippen LogP contribution in [-0.2, 0) is 16.1 Å². The molecule has 1 rings (SSSR count). The number of nitrogens with one attached hydrogen (secondary N) is 2. The highest BCUT2D eigenvalue weighted by atomic mass is 16.5. The van der Waals surface area contributed by atoms with Crippen LogP contribution in [-0.4, -0.2) is 25.7 Å². The van der Waals surface area contributed by atoms with E-state index in [0.29, 0.717) is 19.6 Å². The number of hydrogen-bond acceptors (Lipinski definition) is 3.